The van der Waals surface area contributed by atoms with Gasteiger partial charge >= 0.3 is 5.69 Å². The third-order valence-electron chi connectivity index (χ3n) is 3.84. The van der Waals surface area contributed by atoms with Gasteiger partial charge in [-0.3, -0.25) is 10.1 Å². The lowest BCUT2D eigenvalue weighted by atomic mass is 10.1. The predicted molar refractivity (Wildman–Crippen MR) is 78.2 cm³/mol. The Labute approximate surface area is 119 Å². The number of hydrogen-bond acceptors (Lipinski definition) is 5. The number of anilines is 1. The molecule has 2 heterocycles. The first kappa shape index (κ1) is 14.8. The number of rotatable bonds is 5. The molecule has 1 unspecified atom stereocenters. The number of nitrogens with zero attached hydrogens (tertiary/aromatic N) is 4. The second-order valence-corrected chi connectivity index (χ2v) is 5.64. The van der Waals surface area contributed by atoms with Gasteiger partial charge in [0.15, 0.2) is 0 Å². The predicted octanol–water partition coefficient (Wildman–Crippen LogP) is 1.64. The van der Waals surface area contributed by atoms with Crippen LogP contribution in [0.1, 0.15) is 38.3 Å². The van der Waals surface area contributed by atoms with Crippen molar-refractivity contribution < 1.29 is 4.92 Å². The fraction of sp³-hybridized carbons (Fsp3) is 0.769. The van der Waals surface area contributed by atoms with Crippen LogP contribution in [0, 0.1) is 10.1 Å². The van der Waals surface area contributed by atoms with Crippen molar-refractivity contribution >= 4 is 11.5 Å². The third-order valence-corrected chi connectivity index (χ3v) is 3.84. The first-order chi connectivity index (χ1) is 9.47. The van der Waals surface area contributed by atoms with E-state index < -0.39 is 0 Å². The van der Waals surface area contributed by atoms with Crippen molar-refractivity contribution in [2.75, 3.05) is 25.0 Å². The Kier molecular flexibility index (Phi) is 4.27. The molecule has 0 aromatic carbocycles. The summed E-state index contributed by atoms with van der Waals surface area (Å²) in [5.41, 5.74) is 0.744. The smallest absolute Gasteiger partial charge is 0.334 e. The van der Waals surface area contributed by atoms with Crippen LogP contribution in [0.3, 0.4) is 0 Å². The summed E-state index contributed by atoms with van der Waals surface area (Å²) in [6, 6.07) is 0.300. The summed E-state index contributed by atoms with van der Waals surface area (Å²) < 4.78 is 1.67. The highest BCUT2D eigenvalue weighted by molar-refractivity contribution is 5.63. The van der Waals surface area contributed by atoms with Gasteiger partial charge in [-0.1, -0.05) is 13.8 Å². The molecule has 0 aliphatic carbocycles. The Hall–Kier alpha value is -1.63. The maximum Gasteiger partial charge on any atom is 0.334 e. The van der Waals surface area contributed by atoms with E-state index in [-0.39, 0.29) is 16.5 Å². The molecule has 20 heavy (non-hydrogen) atoms. The van der Waals surface area contributed by atoms with Crippen molar-refractivity contribution in [2.45, 2.75) is 38.6 Å². The standard InChI is InChI=1S/C13H23N5O2/c1-9(2)11-12(18(19)20)13(16(4)15-11)17-7-5-6-10(17)8-14-3/h9-10,14H,5-8H2,1-4H3. The highest BCUT2D eigenvalue weighted by atomic mass is 16.6. The minimum atomic E-state index is -0.285. The molecule has 1 saturated heterocycles. The van der Waals surface area contributed by atoms with Gasteiger partial charge in [0.25, 0.3) is 0 Å². The van der Waals surface area contributed by atoms with Gasteiger partial charge in [0.1, 0.15) is 5.69 Å². The fourth-order valence-corrected chi connectivity index (χ4v) is 2.97. The lowest BCUT2D eigenvalue weighted by molar-refractivity contribution is -0.385. The van der Waals surface area contributed by atoms with Crippen LogP contribution in [-0.4, -0.2) is 40.9 Å². The number of nitro groups is 1. The Morgan fingerprint density at radius 1 is 1.55 bits per heavy atom. The molecule has 0 radical (unpaired) electrons. The van der Waals surface area contributed by atoms with Gasteiger partial charge in [0.2, 0.25) is 5.82 Å². The zero-order valence-electron chi connectivity index (χ0n) is 12.6. The molecular weight excluding hydrogens is 258 g/mol. The minimum absolute atomic E-state index is 0.0423. The van der Waals surface area contributed by atoms with Crippen molar-refractivity contribution in [3.8, 4) is 0 Å². The third kappa shape index (κ3) is 2.49. The SMILES string of the molecule is CNCC1CCCN1c1c([N+](=O)[O-])c(C(C)C)nn1C. The highest BCUT2D eigenvalue weighted by Crippen LogP contribution is 2.38. The van der Waals surface area contributed by atoms with Crippen molar-refractivity contribution in [2.24, 2.45) is 7.05 Å². The summed E-state index contributed by atoms with van der Waals surface area (Å²) in [6.45, 7) is 5.56. The molecule has 112 valence electrons. The molecule has 2 rings (SSSR count). The molecule has 1 atom stereocenters. The summed E-state index contributed by atoms with van der Waals surface area (Å²) in [5.74, 6) is 0.692. The Morgan fingerprint density at radius 2 is 2.25 bits per heavy atom. The number of nitrogens with one attached hydrogen (secondary N) is 1. The van der Waals surface area contributed by atoms with Gasteiger partial charge in [0, 0.05) is 32.1 Å². The number of aromatic nitrogens is 2. The van der Waals surface area contributed by atoms with Gasteiger partial charge in [-0.2, -0.15) is 5.10 Å². The monoisotopic (exact) mass is 281 g/mol. The van der Waals surface area contributed by atoms with E-state index in [9.17, 15) is 10.1 Å². The molecule has 0 bridgehead atoms. The maximum absolute atomic E-state index is 11.5. The largest absolute Gasteiger partial charge is 0.347 e. The average molecular weight is 281 g/mol. The van der Waals surface area contributed by atoms with E-state index in [2.05, 4.69) is 15.3 Å². The molecule has 1 aliphatic rings. The Morgan fingerprint density at radius 3 is 2.80 bits per heavy atom. The zero-order valence-corrected chi connectivity index (χ0v) is 12.6. The highest BCUT2D eigenvalue weighted by Gasteiger charge is 2.36. The first-order valence-corrected chi connectivity index (χ1v) is 7.09. The van der Waals surface area contributed by atoms with Crippen LogP contribution in [0.25, 0.3) is 0 Å². The minimum Gasteiger partial charge on any atom is -0.347 e. The quantitative estimate of drug-likeness (QED) is 0.656. The maximum atomic E-state index is 11.5. The zero-order chi connectivity index (χ0) is 14.9. The van der Waals surface area contributed by atoms with Crippen LogP contribution in [0.15, 0.2) is 0 Å². The van der Waals surface area contributed by atoms with Gasteiger partial charge in [-0.15, -0.1) is 0 Å². The van der Waals surface area contributed by atoms with Crippen LogP contribution in [0.2, 0.25) is 0 Å². The first-order valence-electron chi connectivity index (χ1n) is 7.09. The molecule has 1 N–H and O–H groups in total. The van der Waals surface area contributed by atoms with E-state index in [1.165, 1.54) is 0 Å². The van der Waals surface area contributed by atoms with Crippen molar-refractivity contribution in [3.63, 3.8) is 0 Å². The summed E-state index contributed by atoms with van der Waals surface area (Å²) in [7, 11) is 3.71. The summed E-state index contributed by atoms with van der Waals surface area (Å²) >= 11 is 0. The second-order valence-electron chi connectivity index (χ2n) is 5.64. The molecule has 0 amide bonds. The summed E-state index contributed by atoms with van der Waals surface area (Å²) in [6.07, 6.45) is 2.12. The van der Waals surface area contributed by atoms with E-state index in [1.54, 1.807) is 11.7 Å². The molecule has 1 fully saturated rings. The van der Waals surface area contributed by atoms with Gasteiger partial charge in [0.05, 0.1) is 4.92 Å². The molecule has 1 aromatic rings. The van der Waals surface area contributed by atoms with Crippen LogP contribution < -0.4 is 10.2 Å². The molecular formula is C13H23N5O2. The number of likely N-dealkylation sites (N-methyl/N-ethyl adjacent to an activating group) is 1. The molecule has 7 nitrogen and oxygen atoms in total. The second kappa shape index (κ2) is 5.78. The van der Waals surface area contributed by atoms with E-state index in [0.29, 0.717) is 17.6 Å². The summed E-state index contributed by atoms with van der Waals surface area (Å²) in [5, 5.41) is 19.0. The molecule has 0 saturated carbocycles. The van der Waals surface area contributed by atoms with Crippen LogP contribution >= 0.6 is 0 Å². The normalized spacial score (nSPS) is 19.1. The number of hydrogen-bond donors (Lipinski definition) is 1. The number of aryl methyl sites for hydroxylation is 1. The Balaban J connectivity index is 2.47. The van der Waals surface area contributed by atoms with Crippen molar-refractivity contribution in [1.29, 1.82) is 0 Å². The molecule has 1 aromatic heterocycles. The summed E-state index contributed by atoms with van der Waals surface area (Å²) in [4.78, 5) is 13.3. The van der Waals surface area contributed by atoms with E-state index >= 15 is 0 Å². The van der Waals surface area contributed by atoms with E-state index in [0.717, 1.165) is 25.9 Å². The lowest BCUT2D eigenvalue weighted by Gasteiger charge is -2.25. The van der Waals surface area contributed by atoms with E-state index in [4.69, 9.17) is 0 Å². The van der Waals surface area contributed by atoms with Crippen LogP contribution in [0.4, 0.5) is 11.5 Å². The Bertz CT molecular complexity index is 497. The van der Waals surface area contributed by atoms with Gasteiger partial charge in [-0.05, 0) is 19.9 Å². The van der Waals surface area contributed by atoms with Crippen molar-refractivity contribution in [1.82, 2.24) is 15.1 Å². The van der Waals surface area contributed by atoms with Crippen LogP contribution in [-0.2, 0) is 7.05 Å². The van der Waals surface area contributed by atoms with Crippen molar-refractivity contribution in [3.05, 3.63) is 15.8 Å². The van der Waals surface area contributed by atoms with E-state index in [1.807, 2.05) is 20.9 Å². The van der Waals surface area contributed by atoms with Gasteiger partial charge in [-0.25, -0.2) is 4.68 Å². The lowest BCUT2D eigenvalue weighted by Crippen LogP contribution is -2.38. The average Bonchev–Trinajstić information content (AvgIpc) is 2.93. The molecule has 1 aliphatic heterocycles. The van der Waals surface area contributed by atoms with Crippen LogP contribution in [0.5, 0.6) is 0 Å². The topological polar surface area (TPSA) is 76.2 Å². The fourth-order valence-electron chi connectivity index (χ4n) is 2.97. The molecule has 0 spiro atoms. The van der Waals surface area contributed by atoms with Gasteiger partial charge < -0.3 is 10.2 Å². The molecule has 7 heteroatoms.